The highest BCUT2D eigenvalue weighted by Crippen LogP contribution is 2.21. The first-order chi connectivity index (χ1) is 10.4. The molecule has 2 rings (SSSR count). The summed E-state index contributed by atoms with van der Waals surface area (Å²) in [6.45, 7) is 3.59. The van der Waals surface area contributed by atoms with Crippen molar-refractivity contribution in [3.8, 4) is 11.5 Å². The highest BCUT2D eigenvalue weighted by molar-refractivity contribution is 5.93. The number of hydrogen-bond donors (Lipinski definition) is 1. The molecule has 0 unspecified atom stereocenters. The summed E-state index contributed by atoms with van der Waals surface area (Å²) in [5.41, 5.74) is -0.124. The second-order valence-electron chi connectivity index (χ2n) is 4.83. The second kappa shape index (κ2) is 6.30. The molecular weight excluding hydrogens is 288 g/mol. The lowest BCUT2D eigenvalue weighted by atomic mass is 10.3. The molecule has 0 bridgehead atoms. The van der Waals surface area contributed by atoms with Gasteiger partial charge in [0, 0.05) is 18.2 Å². The Morgan fingerprint density at radius 1 is 1.23 bits per heavy atom. The van der Waals surface area contributed by atoms with Crippen molar-refractivity contribution in [2.45, 2.75) is 19.9 Å². The van der Waals surface area contributed by atoms with Crippen molar-refractivity contribution in [2.75, 3.05) is 7.11 Å². The standard InChI is InChI=1S/C15H16N2O5/c1-9(2)17-13(8-12(16-17)14(18)19)15(20)22-11-6-4-5-10(7-11)21-3/h4-9H,1-3H3,(H,18,19). The van der Waals surface area contributed by atoms with Crippen molar-refractivity contribution in [3.63, 3.8) is 0 Å². The van der Waals surface area contributed by atoms with E-state index < -0.39 is 11.9 Å². The zero-order valence-electron chi connectivity index (χ0n) is 12.4. The number of benzene rings is 1. The molecule has 1 aromatic carbocycles. The SMILES string of the molecule is COc1cccc(OC(=O)c2cc(C(=O)O)nn2C(C)C)c1. The number of carboxylic acid groups (broad SMARTS) is 1. The van der Waals surface area contributed by atoms with Crippen molar-refractivity contribution in [1.29, 1.82) is 0 Å². The number of nitrogens with zero attached hydrogens (tertiary/aromatic N) is 2. The first kappa shape index (κ1) is 15.6. The van der Waals surface area contributed by atoms with Gasteiger partial charge < -0.3 is 14.6 Å². The summed E-state index contributed by atoms with van der Waals surface area (Å²) < 4.78 is 11.6. The molecule has 0 fully saturated rings. The van der Waals surface area contributed by atoms with Gasteiger partial charge in [-0.05, 0) is 26.0 Å². The van der Waals surface area contributed by atoms with Crippen LogP contribution < -0.4 is 9.47 Å². The van der Waals surface area contributed by atoms with Crippen LogP contribution in [0.4, 0.5) is 0 Å². The Morgan fingerprint density at radius 2 is 1.91 bits per heavy atom. The van der Waals surface area contributed by atoms with E-state index in [2.05, 4.69) is 5.10 Å². The average Bonchev–Trinajstić information content (AvgIpc) is 2.93. The molecule has 7 heteroatoms. The molecular formula is C15H16N2O5. The van der Waals surface area contributed by atoms with Gasteiger partial charge in [-0.25, -0.2) is 9.59 Å². The molecule has 0 saturated carbocycles. The van der Waals surface area contributed by atoms with Gasteiger partial charge in [-0.15, -0.1) is 0 Å². The fourth-order valence-electron chi connectivity index (χ4n) is 1.87. The average molecular weight is 304 g/mol. The topological polar surface area (TPSA) is 90.7 Å². The summed E-state index contributed by atoms with van der Waals surface area (Å²) in [7, 11) is 1.51. The molecule has 22 heavy (non-hydrogen) atoms. The van der Waals surface area contributed by atoms with Gasteiger partial charge >= 0.3 is 11.9 Å². The molecule has 1 heterocycles. The smallest absolute Gasteiger partial charge is 0.362 e. The number of esters is 1. The Bertz CT molecular complexity index is 706. The molecule has 0 spiro atoms. The molecule has 116 valence electrons. The van der Waals surface area contributed by atoms with Crippen molar-refractivity contribution < 1.29 is 24.2 Å². The maximum atomic E-state index is 12.3. The maximum Gasteiger partial charge on any atom is 0.362 e. The third-order valence-electron chi connectivity index (χ3n) is 2.90. The Labute approximate surface area is 127 Å². The largest absolute Gasteiger partial charge is 0.497 e. The van der Waals surface area contributed by atoms with E-state index in [1.165, 1.54) is 17.9 Å². The lowest BCUT2D eigenvalue weighted by molar-refractivity contribution is 0.0686. The van der Waals surface area contributed by atoms with Crippen LogP contribution >= 0.6 is 0 Å². The van der Waals surface area contributed by atoms with E-state index in [-0.39, 0.29) is 17.4 Å². The van der Waals surface area contributed by atoms with Gasteiger partial charge in [0.25, 0.3) is 0 Å². The van der Waals surface area contributed by atoms with E-state index in [1.54, 1.807) is 38.1 Å². The summed E-state index contributed by atoms with van der Waals surface area (Å²) in [6, 6.07) is 7.59. The van der Waals surface area contributed by atoms with Crippen LogP contribution in [0.15, 0.2) is 30.3 Å². The van der Waals surface area contributed by atoms with Gasteiger partial charge in [0.1, 0.15) is 17.2 Å². The van der Waals surface area contributed by atoms with Crippen molar-refractivity contribution in [3.05, 3.63) is 41.7 Å². The molecule has 7 nitrogen and oxygen atoms in total. The van der Waals surface area contributed by atoms with Gasteiger partial charge in [0.2, 0.25) is 0 Å². The lowest BCUT2D eigenvalue weighted by Crippen LogP contribution is -2.17. The van der Waals surface area contributed by atoms with Crippen molar-refractivity contribution in [1.82, 2.24) is 9.78 Å². The van der Waals surface area contributed by atoms with E-state index in [0.29, 0.717) is 11.5 Å². The fraction of sp³-hybridized carbons (Fsp3) is 0.267. The van der Waals surface area contributed by atoms with Gasteiger partial charge in [-0.1, -0.05) is 6.07 Å². The van der Waals surface area contributed by atoms with Crippen LogP contribution in [0.5, 0.6) is 11.5 Å². The number of carbonyl (C=O) groups is 2. The van der Waals surface area contributed by atoms with Crippen molar-refractivity contribution >= 4 is 11.9 Å². The van der Waals surface area contributed by atoms with Crippen LogP contribution in [0.1, 0.15) is 40.9 Å². The minimum Gasteiger partial charge on any atom is -0.497 e. The molecule has 0 saturated heterocycles. The number of aromatic carboxylic acids is 1. The quantitative estimate of drug-likeness (QED) is 0.673. The lowest BCUT2D eigenvalue weighted by Gasteiger charge is -2.10. The Kier molecular flexibility index (Phi) is 4.45. The third kappa shape index (κ3) is 3.25. The van der Waals surface area contributed by atoms with Gasteiger partial charge in [-0.3, -0.25) is 4.68 Å². The number of carbonyl (C=O) groups excluding carboxylic acids is 1. The van der Waals surface area contributed by atoms with Crippen LogP contribution in [0.2, 0.25) is 0 Å². The Balaban J connectivity index is 2.30. The zero-order valence-corrected chi connectivity index (χ0v) is 12.4. The summed E-state index contributed by atoms with van der Waals surface area (Å²) >= 11 is 0. The van der Waals surface area contributed by atoms with Crippen LogP contribution in [0.3, 0.4) is 0 Å². The minimum absolute atomic E-state index is 0.0789. The van der Waals surface area contributed by atoms with Crippen LogP contribution in [0, 0.1) is 0 Å². The summed E-state index contributed by atoms with van der Waals surface area (Å²) in [6.07, 6.45) is 0. The van der Waals surface area contributed by atoms with E-state index >= 15 is 0 Å². The van der Waals surface area contributed by atoms with Crippen LogP contribution in [0.25, 0.3) is 0 Å². The van der Waals surface area contributed by atoms with E-state index in [9.17, 15) is 9.59 Å². The number of hydrogen-bond acceptors (Lipinski definition) is 5. The van der Waals surface area contributed by atoms with Gasteiger partial charge in [0.15, 0.2) is 5.69 Å². The molecule has 1 N–H and O–H groups in total. The number of aromatic nitrogens is 2. The van der Waals surface area contributed by atoms with E-state index in [1.807, 2.05) is 0 Å². The van der Waals surface area contributed by atoms with Crippen molar-refractivity contribution in [2.24, 2.45) is 0 Å². The van der Waals surface area contributed by atoms with E-state index in [4.69, 9.17) is 14.6 Å². The Morgan fingerprint density at radius 3 is 2.50 bits per heavy atom. The predicted molar refractivity (Wildman–Crippen MR) is 77.5 cm³/mol. The normalized spacial score (nSPS) is 10.5. The maximum absolute atomic E-state index is 12.3. The third-order valence-corrected chi connectivity index (χ3v) is 2.90. The molecule has 0 aliphatic heterocycles. The Hall–Kier alpha value is -2.83. The minimum atomic E-state index is -1.20. The summed E-state index contributed by atoms with van der Waals surface area (Å²) in [5.74, 6) is -1.02. The highest BCUT2D eigenvalue weighted by Gasteiger charge is 2.22. The first-order valence-corrected chi connectivity index (χ1v) is 6.61. The molecule has 0 aliphatic carbocycles. The predicted octanol–water partition coefficient (Wildman–Crippen LogP) is 2.39. The molecule has 2 aromatic rings. The second-order valence-corrected chi connectivity index (χ2v) is 4.83. The van der Waals surface area contributed by atoms with E-state index in [0.717, 1.165) is 0 Å². The summed E-state index contributed by atoms with van der Waals surface area (Å²) in [5, 5.41) is 12.9. The van der Waals surface area contributed by atoms with Crippen LogP contribution in [-0.4, -0.2) is 33.9 Å². The van der Waals surface area contributed by atoms with Gasteiger partial charge in [-0.2, -0.15) is 5.10 Å². The van der Waals surface area contributed by atoms with Gasteiger partial charge in [0.05, 0.1) is 7.11 Å². The molecule has 0 atom stereocenters. The number of ether oxygens (including phenoxy) is 2. The molecule has 0 aliphatic rings. The number of methoxy groups -OCH3 is 1. The molecule has 0 amide bonds. The molecule has 0 radical (unpaired) electrons. The van der Waals surface area contributed by atoms with Crippen LogP contribution in [-0.2, 0) is 0 Å². The monoisotopic (exact) mass is 304 g/mol. The molecule has 1 aromatic heterocycles. The highest BCUT2D eigenvalue weighted by atomic mass is 16.5. The zero-order chi connectivity index (χ0) is 16.3. The number of rotatable bonds is 5. The fourth-order valence-corrected chi connectivity index (χ4v) is 1.87. The number of carboxylic acids is 1. The summed E-state index contributed by atoms with van der Waals surface area (Å²) in [4.78, 5) is 23.3. The first-order valence-electron chi connectivity index (χ1n) is 6.61.